The van der Waals surface area contributed by atoms with Gasteiger partial charge < -0.3 is 20.4 Å². The van der Waals surface area contributed by atoms with Crippen molar-refractivity contribution in [3.63, 3.8) is 0 Å². The molecule has 2 heterocycles. The molecule has 0 aromatic heterocycles. The Hall–Kier alpha value is -1.30. The minimum Gasteiger partial charge on any atom is -0.357 e. The highest BCUT2D eigenvalue weighted by Crippen LogP contribution is 2.18. The predicted molar refractivity (Wildman–Crippen MR) is 72.8 cm³/mol. The number of nitrogens with zero attached hydrogens (tertiary/aromatic N) is 2. The SMILES string of the molecule is CNC(=O)C1CNCCN1C(=O)N1CCC(C)CC1. The molecular formula is C13H24N4O2. The normalized spacial score (nSPS) is 25.3. The first-order chi connectivity index (χ1) is 9.13. The smallest absolute Gasteiger partial charge is 0.320 e. The zero-order valence-electron chi connectivity index (χ0n) is 11.8. The van der Waals surface area contributed by atoms with Crippen LogP contribution < -0.4 is 10.6 Å². The first-order valence-corrected chi connectivity index (χ1v) is 7.11. The second-order valence-corrected chi connectivity index (χ2v) is 5.48. The van der Waals surface area contributed by atoms with Crippen LogP contribution in [0.4, 0.5) is 4.79 Å². The van der Waals surface area contributed by atoms with Gasteiger partial charge >= 0.3 is 6.03 Å². The number of carbonyl (C=O) groups is 2. The summed E-state index contributed by atoms with van der Waals surface area (Å²) in [4.78, 5) is 28.0. The summed E-state index contributed by atoms with van der Waals surface area (Å²) in [6, 6.07) is -0.368. The number of urea groups is 1. The Bertz CT molecular complexity index is 340. The number of carbonyl (C=O) groups excluding carboxylic acids is 2. The molecule has 6 nitrogen and oxygen atoms in total. The highest BCUT2D eigenvalue weighted by molar-refractivity contribution is 5.87. The lowest BCUT2D eigenvalue weighted by atomic mass is 9.99. The van der Waals surface area contributed by atoms with Crippen molar-refractivity contribution >= 4 is 11.9 Å². The molecule has 1 unspecified atom stereocenters. The van der Waals surface area contributed by atoms with Crippen molar-refractivity contribution in [2.45, 2.75) is 25.8 Å². The standard InChI is InChI=1S/C13H24N4O2/c1-10-3-6-16(7-4-10)13(19)17-8-5-15-9-11(17)12(18)14-2/h10-11,15H,3-9H2,1-2H3,(H,14,18). The van der Waals surface area contributed by atoms with Gasteiger partial charge in [0, 0.05) is 39.8 Å². The molecule has 108 valence electrons. The van der Waals surface area contributed by atoms with E-state index in [9.17, 15) is 9.59 Å². The molecule has 0 bridgehead atoms. The van der Waals surface area contributed by atoms with Crippen LogP contribution in [0.1, 0.15) is 19.8 Å². The third-order valence-electron chi connectivity index (χ3n) is 4.09. The number of piperidine rings is 1. The zero-order chi connectivity index (χ0) is 13.8. The van der Waals surface area contributed by atoms with Crippen LogP contribution in [0.3, 0.4) is 0 Å². The molecule has 19 heavy (non-hydrogen) atoms. The van der Waals surface area contributed by atoms with Gasteiger partial charge in [-0.05, 0) is 18.8 Å². The van der Waals surface area contributed by atoms with E-state index in [0.29, 0.717) is 19.0 Å². The molecule has 0 aliphatic carbocycles. The number of likely N-dealkylation sites (tertiary alicyclic amines) is 1. The molecule has 3 amide bonds. The molecule has 6 heteroatoms. The van der Waals surface area contributed by atoms with Gasteiger partial charge in [-0.1, -0.05) is 6.92 Å². The molecule has 2 N–H and O–H groups in total. The van der Waals surface area contributed by atoms with Gasteiger partial charge in [0.25, 0.3) is 0 Å². The van der Waals surface area contributed by atoms with Crippen LogP contribution in [-0.4, -0.2) is 67.6 Å². The van der Waals surface area contributed by atoms with E-state index in [1.54, 1.807) is 11.9 Å². The number of likely N-dealkylation sites (N-methyl/N-ethyl adjacent to an activating group) is 1. The molecule has 0 aromatic rings. The molecule has 1 atom stereocenters. The van der Waals surface area contributed by atoms with Crippen molar-refractivity contribution in [3.8, 4) is 0 Å². The Labute approximate surface area is 114 Å². The minimum atomic E-state index is -0.384. The fourth-order valence-corrected chi connectivity index (χ4v) is 2.72. The first-order valence-electron chi connectivity index (χ1n) is 7.11. The second kappa shape index (κ2) is 6.23. The van der Waals surface area contributed by atoms with Gasteiger partial charge in [0.05, 0.1) is 0 Å². The average Bonchev–Trinajstić information content (AvgIpc) is 2.46. The second-order valence-electron chi connectivity index (χ2n) is 5.48. The molecule has 0 saturated carbocycles. The maximum atomic E-state index is 12.5. The van der Waals surface area contributed by atoms with Crippen LogP contribution in [0.5, 0.6) is 0 Å². The molecule has 0 spiro atoms. The van der Waals surface area contributed by atoms with E-state index in [2.05, 4.69) is 17.6 Å². The molecule has 0 radical (unpaired) electrons. The van der Waals surface area contributed by atoms with Gasteiger partial charge in [0.1, 0.15) is 6.04 Å². The Morgan fingerprint density at radius 2 is 1.89 bits per heavy atom. The summed E-state index contributed by atoms with van der Waals surface area (Å²) in [5.41, 5.74) is 0. The Morgan fingerprint density at radius 1 is 1.21 bits per heavy atom. The fraction of sp³-hybridized carbons (Fsp3) is 0.846. The highest BCUT2D eigenvalue weighted by atomic mass is 16.2. The summed E-state index contributed by atoms with van der Waals surface area (Å²) in [5, 5.41) is 5.81. The van der Waals surface area contributed by atoms with E-state index in [0.717, 1.165) is 32.5 Å². The van der Waals surface area contributed by atoms with Gasteiger partial charge in [-0.2, -0.15) is 0 Å². The van der Waals surface area contributed by atoms with Crippen molar-refractivity contribution in [1.29, 1.82) is 0 Å². The van der Waals surface area contributed by atoms with E-state index >= 15 is 0 Å². The molecule has 0 aromatic carbocycles. The van der Waals surface area contributed by atoms with E-state index in [-0.39, 0.29) is 18.0 Å². The third-order valence-corrected chi connectivity index (χ3v) is 4.09. The van der Waals surface area contributed by atoms with Crippen LogP contribution in [0.15, 0.2) is 0 Å². The highest BCUT2D eigenvalue weighted by Gasteiger charge is 2.34. The van der Waals surface area contributed by atoms with Crippen LogP contribution >= 0.6 is 0 Å². The summed E-state index contributed by atoms with van der Waals surface area (Å²) in [6.45, 7) is 5.73. The molecule has 2 saturated heterocycles. The largest absolute Gasteiger partial charge is 0.357 e. The van der Waals surface area contributed by atoms with Crippen LogP contribution in [-0.2, 0) is 4.79 Å². The number of hydrogen-bond donors (Lipinski definition) is 2. The van der Waals surface area contributed by atoms with E-state index in [1.807, 2.05) is 4.90 Å². The van der Waals surface area contributed by atoms with Crippen LogP contribution in [0.2, 0.25) is 0 Å². The number of hydrogen-bond acceptors (Lipinski definition) is 3. The summed E-state index contributed by atoms with van der Waals surface area (Å²) >= 11 is 0. The van der Waals surface area contributed by atoms with E-state index in [1.165, 1.54) is 0 Å². The van der Waals surface area contributed by atoms with Gasteiger partial charge in [0.15, 0.2) is 0 Å². The van der Waals surface area contributed by atoms with Gasteiger partial charge in [-0.3, -0.25) is 4.79 Å². The predicted octanol–water partition coefficient (Wildman–Crippen LogP) is -0.142. The molecule has 2 fully saturated rings. The summed E-state index contributed by atoms with van der Waals surface area (Å²) in [7, 11) is 1.61. The number of piperazine rings is 1. The van der Waals surface area contributed by atoms with Gasteiger partial charge in [0.2, 0.25) is 5.91 Å². The molecule has 2 aliphatic heterocycles. The lowest BCUT2D eigenvalue weighted by Crippen LogP contribution is -2.62. The van der Waals surface area contributed by atoms with E-state index < -0.39 is 0 Å². The zero-order valence-corrected chi connectivity index (χ0v) is 11.8. The average molecular weight is 268 g/mol. The quantitative estimate of drug-likeness (QED) is 0.695. The third kappa shape index (κ3) is 3.18. The number of rotatable bonds is 1. The number of amides is 3. The van der Waals surface area contributed by atoms with Crippen LogP contribution in [0, 0.1) is 5.92 Å². The number of nitrogens with one attached hydrogen (secondary N) is 2. The van der Waals surface area contributed by atoms with Crippen molar-refractivity contribution < 1.29 is 9.59 Å². The molecular weight excluding hydrogens is 244 g/mol. The lowest BCUT2D eigenvalue weighted by Gasteiger charge is -2.40. The van der Waals surface area contributed by atoms with Crippen molar-refractivity contribution in [1.82, 2.24) is 20.4 Å². The van der Waals surface area contributed by atoms with Crippen molar-refractivity contribution in [2.75, 3.05) is 39.8 Å². The topological polar surface area (TPSA) is 64.7 Å². The summed E-state index contributed by atoms with van der Waals surface area (Å²) in [5.74, 6) is 0.604. The first kappa shape index (κ1) is 14.1. The van der Waals surface area contributed by atoms with E-state index in [4.69, 9.17) is 0 Å². The molecule has 2 rings (SSSR count). The Morgan fingerprint density at radius 3 is 2.53 bits per heavy atom. The maximum absolute atomic E-state index is 12.5. The minimum absolute atomic E-state index is 0.0157. The Balaban J connectivity index is 2.01. The van der Waals surface area contributed by atoms with Crippen LogP contribution in [0.25, 0.3) is 0 Å². The van der Waals surface area contributed by atoms with Gasteiger partial charge in [-0.25, -0.2) is 4.79 Å². The summed E-state index contributed by atoms with van der Waals surface area (Å²) < 4.78 is 0. The van der Waals surface area contributed by atoms with Crippen molar-refractivity contribution in [3.05, 3.63) is 0 Å². The fourth-order valence-electron chi connectivity index (χ4n) is 2.72. The lowest BCUT2D eigenvalue weighted by molar-refractivity contribution is -0.125. The van der Waals surface area contributed by atoms with Crippen molar-refractivity contribution in [2.24, 2.45) is 5.92 Å². The van der Waals surface area contributed by atoms with Gasteiger partial charge in [-0.15, -0.1) is 0 Å². The monoisotopic (exact) mass is 268 g/mol. The molecule has 2 aliphatic rings. The maximum Gasteiger partial charge on any atom is 0.320 e. The summed E-state index contributed by atoms with van der Waals surface area (Å²) in [6.07, 6.45) is 2.12. The Kier molecular flexibility index (Phi) is 4.63.